The molecule has 0 aliphatic rings. The van der Waals surface area contributed by atoms with Gasteiger partial charge in [-0.25, -0.2) is 0 Å². The Labute approximate surface area is 303 Å². The smallest absolute Gasteiger partial charge is 0.144 e. The molecule has 8 aromatic carbocycles. The number of rotatable bonds is 5. The Balaban J connectivity index is 1.06. The molecule has 3 nitrogen and oxygen atoms in total. The molecule has 3 aromatic heterocycles. The van der Waals surface area contributed by atoms with Gasteiger partial charge in [0.25, 0.3) is 0 Å². The van der Waals surface area contributed by atoms with E-state index in [2.05, 4.69) is 163 Å². The minimum atomic E-state index is 0.884. The van der Waals surface area contributed by atoms with E-state index in [-0.39, 0.29) is 0 Å². The number of para-hydroxylation sites is 2. The van der Waals surface area contributed by atoms with Gasteiger partial charge in [0.05, 0.1) is 0 Å². The Bertz CT molecular complexity index is 3110. The van der Waals surface area contributed by atoms with Gasteiger partial charge in [-0.15, -0.1) is 11.3 Å². The molecule has 0 unspecified atom stereocenters. The lowest BCUT2D eigenvalue weighted by Crippen LogP contribution is -2.09. The molecule has 0 saturated heterocycles. The molecule has 0 spiro atoms. The number of hydrogen-bond donors (Lipinski definition) is 0. The predicted octanol–water partition coefficient (Wildman–Crippen LogP) is 14.7. The Kier molecular flexibility index (Phi) is 6.42. The average molecular weight is 684 g/mol. The Morgan fingerprint density at radius 3 is 1.73 bits per heavy atom. The fourth-order valence-corrected chi connectivity index (χ4v) is 8.98. The van der Waals surface area contributed by atoms with Crippen LogP contribution in [-0.2, 0) is 0 Å². The molecule has 0 N–H and O–H groups in total. The zero-order valence-electron chi connectivity index (χ0n) is 27.9. The van der Waals surface area contributed by atoms with Crippen LogP contribution >= 0.6 is 11.3 Å². The lowest BCUT2D eigenvalue weighted by molar-refractivity contribution is 0.669. The van der Waals surface area contributed by atoms with E-state index in [0.717, 1.165) is 66.5 Å². The van der Waals surface area contributed by atoms with E-state index in [1.807, 2.05) is 29.5 Å². The summed E-state index contributed by atoms with van der Waals surface area (Å²) in [5, 5.41) is 6.95. The summed E-state index contributed by atoms with van der Waals surface area (Å²) in [6.07, 6.45) is 0. The van der Waals surface area contributed by atoms with Crippen molar-refractivity contribution in [2.45, 2.75) is 0 Å². The first kappa shape index (κ1) is 29.1. The summed E-state index contributed by atoms with van der Waals surface area (Å²) in [6.45, 7) is 0. The number of thiophene rings is 1. The van der Waals surface area contributed by atoms with Gasteiger partial charge < -0.3 is 13.7 Å². The van der Waals surface area contributed by atoms with Crippen LogP contribution in [0.4, 0.5) is 17.1 Å². The SMILES string of the molecule is c1ccc(-c2ccc(N(c3ccc(-c4cccc5sc6ccc7c8ccccc8oc7c6c45)cc3)c3ccc4oc5ccccc5c4c3)cc2)cc1. The molecule has 0 aliphatic carbocycles. The first-order valence-corrected chi connectivity index (χ1v) is 18.3. The average Bonchev–Trinajstić information content (AvgIpc) is 3.90. The van der Waals surface area contributed by atoms with Crippen molar-refractivity contribution in [2.75, 3.05) is 4.90 Å². The van der Waals surface area contributed by atoms with Crippen molar-refractivity contribution in [3.8, 4) is 22.3 Å². The Morgan fingerprint density at radius 1 is 0.365 bits per heavy atom. The van der Waals surface area contributed by atoms with E-state index in [0.29, 0.717) is 0 Å². The van der Waals surface area contributed by atoms with Crippen molar-refractivity contribution in [1.29, 1.82) is 0 Å². The molecule has 52 heavy (non-hydrogen) atoms. The van der Waals surface area contributed by atoms with Crippen LogP contribution < -0.4 is 4.90 Å². The lowest BCUT2D eigenvalue weighted by Gasteiger charge is -2.26. The van der Waals surface area contributed by atoms with Gasteiger partial charge in [-0.1, -0.05) is 103 Å². The van der Waals surface area contributed by atoms with Gasteiger partial charge in [-0.05, 0) is 95.1 Å². The van der Waals surface area contributed by atoms with Crippen molar-refractivity contribution in [2.24, 2.45) is 0 Å². The van der Waals surface area contributed by atoms with Crippen LogP contribution in [0.15, 0.2) is 185 Å². The van der Waals surface area contributed by atoms with Crippen LogP contribution in [0.2, 0.25) is 0 Å². The third-order valence-electron chi connectivity index (χ3n) is 10.3. The van der Waals surface area contributed by atoms with Crippen molar-refractivity contribution in [3.05, 3.63) is 176 Å². The van der Waals surface area contributed by atoms with Crippen LogP contribution in [-0.4, -0.2) is 0 Å². The minimum absolute atomic E-state index is 0.884. The molecular formula is C48H29NO2S. The maximum absolute atomic E-state index is 6.55. The molecule has 0 atom stereocenters. The standard InChI is InChI=1S/C48H29NO2S/c1-2-9-30(10-3-1)31-17-21-33(22-18-31)49(35-25-27-43-40(29-35)38-12-5-6-14-41(38)50-43)34-23-19-32(20-24-34)36-13-8-16-44-46(36)47-45(52-44)28-26-39-37-11-4-7-15-42(37)51-48(39)47/h1-29H. The van der Waals surface area contributed by atoms with Crippen LogP contribution in [0, 0.1) is 0 Å². The number of nitrogens with zero attached hydrogens (tertiary/aromatic N) is 1. The van der Waals surface area contributed by atoms with Gasteiger partial charge in [0.1, 0.15) is 22.3 Å². The van der Waals surface area contributed by atoms with Crippen molar-refractivity contribution < 1.29 is 8.83 Å². The molecule has 3 heterocycles. The first-order chi connectivity index (χ1) is 25.8. The summed E-state index contributed by atoms with van der Waals surface area (Å²) in [6, 6.07) is 62.5. The van der Waals surface area contributed by atoms with Crippen LogP contribution in [0.25, 0.3) is 86.3 Å². The van der Waals surface area contributed by atoms with Gasteiger partial charge in [0.15, 0.2) is 0 Å². The molecular weight excluding hydrogens is 655 g/mol. The fraction of sp³-hybridized carbons (Fsp3) is 0. The highest BCUT2D eigenvalue weighted by molar-refractivity contribution is 7.26. The summed E-state index contributed by atoms with van der Waals surface area (Å²) in [5.41, 5.74) is 11.6. The third-order valence-corrected chi connectivity index (χ3v) is 11.4. The number of furan rings is 2. The molecule has 11 rings (SSSR count). The normalized spacial score (nSPS) is 11.8. The maximum Gasteiger partial charge on any atom is 0.144 e. The van der Waals surface area contributed by atoms with Crippen LogP contribution in [0.3, 0.4) is 0 Å². The van der Waals surface area contributed by atoms with Crippen molar-refractivity contribution in [1.82, 2.24) is 0 Å². The highest BCUT2D eigenvalue weighted by Crippen LogP contribution is 2.46. The lowest BCUT2D eigenvalue weighted by atomic mass is 9.98. The first-order valence-electron chi connectivity index (χ1n) is 17.5. The maximum atomic E-state index is 6.55. The Morgan fingerprint density at radius 2 is 0.962 bits per heavy atom. The number of hydrogen-bond acceptors (Lipinski definition) is 4. The zero-order chi connectivity index (χ0) is 34.2. The monoisotopic (exact) mass is 683 g/mol. The van der Waals surface area contributed by atoms with Gasteiger partial charge in [0, 0.05) is 58.8 Å². The third kappa shape index (κ3) is 4.51. The quantitative estimate of drug-likeness (QED) is 0.181. The van der Waals surface area contributed by atoms with Gasteiger partial charge >= 0.3 is 0 Å². The van der Waals surface area contributed by atoms with Gasteiger partial charge in [0.2, 0.25) is 0 Å². The van der Waals surface area contributed by atoms with E-state index in [1.54, 1.807) is 0 Å². The summed E-state index contributed by atoms with van der Waals surface area (Å²) >= 11 is 1.82. The highest BCUT2D eigenvalue weighted by Gasteiger charge is 2.19. The van der Waals surface area contributed by atoms with E-state index in [4.69, 9.17) is 8.83 Å². The molecule has 0 amide bonds. The molecule has 244 valence electrons. The fourth-order valence-electron chi connectivity index (χ4n) is 7.85. The minimum Gasteiger partial charge on any atom is -0.456 e. The molecule has 4 heteroatoms. The predicted molar refractivity (Wildman–Crippen MR) is 219 cm³/mol. The molecule has 0 saturated carbocycles. The molecule has 0 aliphatic heterocycles. The van der Waals surface area contributed by atoms with E-state index in [9.17, 15) is 0 Å². The van der Waals surface area contributed by atoms with E-state index in [1.165, 1.54) is 36.9 Å². The Hall–Kier alpha value is -6.62. The number of fused-ring (bicyclic) bond motifs is 10. The summed E-state index contributed by atoms with van der Waals surface area (Å²) in [5.74, 6) is 0. The van der Waals surface area contributed by atoms with E-state index >= 15 is 0 Å². The molecule has 0 bridgehead atoms. The number of anilines is 3. The zero-order valence-corrected chi connectivity index (χ0v) is 28.7. The van der Waals surface area contributed by atoms with Crippen LogP contribution in [0.1, 0.15) is 0 Å². The topological polar surface area (TPSA) is 29.5 Å². The molecule has 11 aromatic rings. The summed E-state index contributed by atoms with van der Waals surface area (Å²) < 4.78 is 15.2. The summed E-state index contributed by atoms with van der Waals surface area (Å²) in [7, 11) is 0. The molecule has 0 fully saturated rings. The van der Waals surface area contributed by atoms with Crippen molar-refractivity contribution >= 4 is 92.4 Å². The second-order valence-corrected chi connectivity index (χ2v) is 14.4. The van der Waals surface area contributed by atoms with Gasteiger partial charge in [-0.3, -0.25) is 0 Å². The molecule has 0 radical (unpaired) electrons. The van der Waals surface area contributed by atoms with Crippen molar-refractivity contribution in [3.63, 3.8) is 0 Å². The largest absolute Gasteiger partial charge is 0.456 e. The summed E-state index contributed by atoms with van der Waals surface area (Å²) in [4.78, 5) is 2.33. The van der Waals surface area contributed by atoms with E-state index < -0.39 is 0 Å². The van der Waals surface area contributed by atoms with Crippen LogP contribution in [0.5, 0.6) is 0 Å². The second-order valence-electron chi connectivity index (χ2n) is 13.3. The second kappa shape index (κ2) is 11.5. The number of benzene rings is 8. The van der Waals surface area contributed by atoms with Gasteiger partial charge in [-0.2, -0.15) is 0 Å². The highest BCUT2D eigenvalue weighted by atomic mass is 32.1.